The van der Waals surface area contributed by atoms with Gasteiger partial charge in [-0.05, 0) is 60.9 Å². The molecular formula is C25H28BrF2N3O. The number of carbonyl (C=O) groups is 1. The molecule has 5 rings (SSSR count). The number of anilines is 2. The average Bonchev–Trinajstić information content (AvgIpc) is 3.54. The summed E-state index contributed by atoms with van der Waals surface area (Å²) >= 11 is 3.59. The summed E-state index contributed by atoms with van der Waals surface area (Å²) in [6.45, 7) is 2.59. The lowest BCUT2D eigenvalue weighted by molar-refractivity contribution is -0.0221. The fourth-order valence-electron chi connectivity index (χ4n) is 4.98. The Hall–Kier alpha value is -2.02. The summed E-state index contributed by atoms with van der Waals surface area (Å²) < 4.78 is 28.0. The van der Waals surface area contributed by atoms with Crippen LogP contribution in [0.3, 0.4) is 0 Å². The Bertz CT molecular complexity index is 1000. The van der Waals surface area contributed by atoms with Gasteiger partial charge in [-0.1, -0.05) is 22.0 Å². The van der Waals surface area contributed by atoms with Crippen molar-refractivity contribution >= 4 is 33.2 Å². The number of benzene rings is 1. The van der Waals surface area contributed by atoms with Crippen molar-refractivity contribution in [2.24, 2.45) is 5.41 Å². The molecule has 3 heterocycles. The van der Waals surface area contributed by atoms with Crippen LogP contribution in [-0.2, 0) is 6.42 Å². The minimum atomic E-state index is -2.60. The van der Waals surface area contributed by atoms with Crippen LogP contribution in [0.25, 0.3) is 0 Å². The molecule has 3 aliphatic rings. The number of pyridine rings is 1. The summed E-state index contributed by atoms with van der Waals surface area (Å²) in [5.41, 5.74) is 3.35. The van der Waals surface area contributed by atoms with Crippen molar-refractivity contribution in [3.05, 3.63) is 52.1 Å². The number of aromatic nitrogens is 1. The van der Waals surface area contributed by atoms with E-state index in [9.17, 15) is 13.6 Å². The van der Waals surface area contributed by atoms with Crippen molar-refractivity contribution in [1.82, 2.24) is 4.98 Å². The molecule has 1 aliphatic carbocycles. The Kier molecular flexibility index (Phi) is 5.72. The largest absolute Gasteiger partial charge is 0.371 e. The van der Waals surface area contributed by atoms with E-state index in [-0.39, 0.29) is 31.7 Å². The smallest absolute Gasteiger partial charge is 0.251 e. The number of halogens is 3. The van der Waals surface area contributed by atoms with Crippen molar-refractivity contribution in [1.29, 1.82) is 0 Å². The lowest BCUT2D eigenvalue weighted by Gasteiger charge is -2.35. The molecule has 0 N–H and O–H groups in total. The van der Waals surface area contributed by atoms with Crippen molar-refractivity contribution in [2.75, 3.05) is 36.0 Å². The van der Waals surface area contributed by atoms with Crippen LogP contribution in [0.15, 0.2) is 41.0 Å². The minimum absolute atomic E-state index is 0.0234. The highest BCUT2D eigenvalue weighted by molar-refractivity contribution is 9.10. The van der Waals surface area contributed by atoms with Crippen LogP contribution in [0.2, 0.25) is 0 Å². The summed E-state index contributed by atoms with van der Waals surface area (Å²) in [6.07, 6.45) is 6.76. The summed E-state index contributed by atoms with van der Waals surface area (Å²) in [6, 6.07) is 9.63. The maximum absolute atomic E-state index is 13.5. The molecule has 0 unspecified atom stereocenters. The highest BCUT2D eigenvalue weighted by Gasteiger charge is 2.44. The number of Topliss-reactive ketones (excluding diaryl/α,β-unsaturated/α-hetero) is 1. The number of rotatable bonds is 5. The quantitative estimate of drug-likeness (QED) is 0.477. The van der Waals surface area contributed by atoms with Gasteiger partial charge in [-0.15, -0.1) is 0 Å². The van der Waals surface area contributed by atoms with E-state index in [4.69, 9.17) is 0 Å². The third-order valence-electron chi connectivity index (χ3n) is 7.41. The first-order valence-electron chi connectivity index (χ1n) is 11.5. The number of hydrogen-bond donors (Lipinski definition) is 0. The van der Waals surface area contributed by atoms with Gasteiger partial charge in [0.15, 0.2) is 5.78 Å². The van der Waals surface area contributed by atoms with E-state index >= 15 is 0 Å². The first kappa shape index (κ1) is 21.8. The Morgan fingerprint density at radius 2 is 1.62 bits per heavy atom. The number of nitrogens with zero attached hydrogens (tertiary/aromatic N) is 3. The van der Waals surface area contributed by atoms with Gasteiger partial charge in [0, 0.05) is 67.4 Å². The Morgan fingerprint density at radius 1 is 0.938 bits per heavy atom. The molecule has 1 aromatic heterocycles. The zero-order valence-electron chi connectivity index (χ0n) is 18.1. The molecule has 1 aromatic carbocycles. The van der Waals surface area contributed by atoms with Gasteiger partial charge in [0.25, 0.3) is 5.92 Å². The third kappa shape index (κ3) is 4.68. The van der Waals surface area contributed by atoms with Gasteiger partial charge in [0.05, 0.1) is 0 Å². The van der Waals surface area contributed by atoms with Crippen LogP contribution in [-0.4, -0.2) is 42.9 Å². The fourth-order valence-corrected chi connectivity index (χ4v) is 5.33. The summed E-state index contributed by atoms with van der Waals surface area (Å²) in [4.78, 5) is 21.8. The van der Waals surface area contributed by atoms with E-state index in [2.05, 4.69) is 31.9 Å². The highest BCUT2D eigenvalue weighted by atomic mass is 79.9. The highest BCUT2D eigenvalue weighted by Crippen LogP contribution is 2.54. The van der Waals surface area contributed by atoms with Crippen LogP contribution in [0.5, 0.6) is 0 Å². The van der Waals surface area contributed by atoms with Crippen LogP contribution in [0.4, 0.5) is 20.3 Å². The van der Waals surface area contributed by atoms with Gasteiger partial charge in [0.2, 0.25) is 0 Å². The monoisotopic (exact) mass is 503 g/mol. The van der Waals surface area contributed by atoms with Crippen LogP contribution in [0, 0.1) is 5.41 Å². The molecule has 32 heavy (non-hydrogen) atoms. The van der Waals surface area contributed by atoms with Gasteiger partial charge in [-0.25, -0.2) is 13.8 Å². The first-order chi connectivity index (χ1) is 15.3. The van der Waals surface area contributed by atoms with E-state index in [0.717, 1.165) is 28.8 Å². The van der Waals surface area contributed by atoms with Gasteiger partial charge in [-0.3, -0.25) is 4.79 Å². The van der Waals surface area contributed by atoms with Crippen LogP contribution >= 0.6 is 15.9 Å². The van der Waals surface area contributed by atoms with E-state index in [1.165, 1.54) is 25.7 Å². The molecule has 0 bridgehead atoms. The Morgan fingerprint density at radius 3 is 2.31 bits per heavy atom. The molecule has 7 heteroatoms. The number of piperidine rings is 2. The number of hydrogen-bond acceptors (Lipinski definition) is 4. The molecule has 1 spiro atoms. The Balaban J connectivity index is 1.31. The van der Waals surface area contributed by atoms with E-state index < -0.39 is 5.92 Å². The van der Waals surface area contributed by atoms with Gasteiger partial charge in [-0.2, -0.15) is 0 Å². The molecule has 0 atom stereocenters. The van der Waals surface area contributed by atoms with E-state index in [1.54, 1.807) is 18.3 Å². The lowest BCUT2D eigenvalue weighted by atomic mass is 9.92. The molecule has 1 saturated carbocycles. The summed E-state index contributed by atoms with van der Waals surface area (Å²) in [5.74, 6) is -1.97. The van der Waals surface area contributed by atoms with Gasteiger partial charge < -0.3 is 9.80 Å². The summed E-state index contributed by atoms with van der Waals surface area (Å²) in [7, 11) is 0. The van der Waals surface area contributed by atoms with Crippen molar-refractivity contribution in [3.8, 4) is 0 Å². The second kappa shape index (κ2) is 8.40. The van der Waals surface area contributed by atoms with E-state index in [0.29, 0.717) is 23.2 Å². The van der Waals surface area contributed by atoms with Crippen molar-refractivity contribution < 1.29 is 13.6 Å². The molecule has 2 aliphatic heterocycles. The standard InChI is InChI=1S/C25H28BrF2N3O/c26-20-2-1-18(21(17-20)30-11-6-24(4-5-24)7-12-30)15-22(32)19-3-10-29-23(16-19)31-13-8-25(27,28)9-14-31/h1-3,10,16-17H,4-9,11-15H2. The predicted molar refractivity (Wildman–Crippen MR) is 126 cm³/mol. The third-order valence-corrected chi connectivity index (χ3v) is 7.90. The fraction of sp³-hybridized carbons (Fsp3) is 0.520. The SMILES string of the molecule is O=C(Cc1ccc(Br)cc1N1CCC2(CC1)CC2)c1ccnc(N2CCC(F)(F)CC2)c1. The molecule has 0 radical (unpaired) electrons. The number of ketones is 1. The molecule has 4 nitrogen and oxygen atoms in total. The minimum Gasteiger partial charge on any atom is -0.371 e. The maximum atomic E-state index is 13.5. The van der Waals surface area contributed by atoms with Crippen LogP contribution < -0.4 is 9.80 Å². The van der Waals surface area contributed by atoms with Crippen LogP contribution in [0.1, 0.15) is 54.4 Å². The molecule has 0 amide bonds. The first-order valence-corrected chi connectivity index (χ1v) is 12.3. The van der Waals surface area contributed by atoms with Crippen molar-refractivity contribution in [3.63, 3.8) is 0 Å². The lowest BCUT2D eigenvalue weighted by Crippen LogP contribution is -2.39. The molecule has 3 fully saturated rings. The van der Waals surface area contributed by atoms with Gasteiger partial charge in [0.1, 0.15) is 5.82 Å². The Labute approximate surface area is 196 Å². The molecule has 170 valence electrons. The maximum Gasteiger partial charge on any atom is 0.251 e. The molecule has 2 aromatic rings. The van der Waals surface area contributed by atoms with E-state index in [1.807, 2.05) is 17.0 Å². The topological polar surface area (TPSA) is 36.4 Å². The number of carbonyl (C=O) groups excluding carboxylic acids is 1. The molecular weight excluding hydrogens is 476 g/mol. The number of alkyl halides is 2. The van der Waals surface area contributed by atoms with Gasteiger partial charge >= 0.3 is 0 Å². The zero-order valence-corrected chi connectivity index (χ0v) is 19.7. The van der Waals surface area contributed by atoms with Crippen molar-refractivity contribution in [2.45, 2.75) is 50.9 Å². The second-order valence-corrected chi connectivity index (χ2v) is 10.5. The average molecular weight is 504 g/mol. The summed E-state index contributed by atoms with van der Waals surface area (Å²) in [5, 5.41) is 0. The predicted octanol–water partition coefficient (Wildman–Crippen LogP) is 5.89. The second-order valence-electron chi connectivity index (χ2n) is 9.61. The zero-order chi connectivity index (χ0) is 22.3. The normalized spacial score (nSPS) is 21.6. The molecule has 2 saturated heterocycles.